The van der Waals surface area contributed by atoms with Gasteiger partial charge in [0.1, 0.15) is 0 Å². The molecule has 0 saturated heterocycles. The van der Waals surface area contributed by atoms with Crippen LogP contribution < -0.4 is 5.32 Å². The van der Waals surface area contributed by atoms with E-state index in [2.05, 4.69) is 73.6 Å². The van der Waals surface area contributed by atoms with Crippen LogP contribution in [-0.4, -0.2) is 31.1 Å². The van der Waals surface area contributed by atoms with Crippen LogP contribution in [0.4, 0.5) is 0 Å². The number of fused-ring (bicyclic) bond motifs is 1. The highest BCUT2D eigenvalue weighted by Gasteiger charge is 2.02. The molecular weight excluding hydrogens is 232 g/mol. The standard InChI is InChI=1S/C17H24N2/c1-14(2)18-10-11-19(3)13-15-8-9-16-6-4-5-7-17(16)12-15/h4-9,12,14,18H,10-11,13H2,1-3H3. The summed E-state index contributed by atoms with van der Waals surface area (Å²) < 4.78 is 0. The van der Waals surface area contributed by atoms with E-state index < -0.39 is 0 Å². The lowest BCUT2D eigenvalue weighted by molar-refractivity contribution is 0.320. The van der Waals surface area contributed by atoms with Crippen LogP contribution in [0.5, 0.6) is 0 Å². The van der Waals surface area contributed by atoms with Crippen LogP contribution in [-0.2, 0) is 6.54 Å². The maximum Gasteiger partial charge on any atom is 0.0231 e. The fourth-order valence-corrected chi connectivity index (χ4v) is 2.27. The Morgan fingerprint density at radius 2 is 1.79 bits per heavy atom. The summed E-state index contributed by atoms with van der Waals surface area (Å²) in [4.78, 5) is 2.36. The molecule has 102 valence electrons. The van der Waals surface area contributed by atoms with Crippen molar-refractivity contribution in [2.45, 2.75) is 26.4 Å². The van der Waals surface area contributed by atoms with Gasteiger partial charge in [0.2, 0.25) is 0 Å². The largest absolute Gasteiger partial charge is 0.313 e. The predicted molar refractivity (Wildman–Crippen MR) is 83.4 cm³/mol. The number of rotatable bonds is 6. The topological polar surface area (TPSA) is 15.3 Å². The summed E-state index contributed by atoms with van der Waals surface area (Å²) in [5.41, 5.74) is 1.38. The Balaban J connectivity index is 1.93. The first-order valence-corrected chi connectivity index (χ1v) is 7.05. The molecule has 0 fully saturated rings. The van der Waals surface area contributed by atoms with E-state index in [1.165, 1.54) is 16.3 Å². The zero-order valence-corrected chi connectivity index (χ0v) is 12.2. The van der Waals surface area contributed by atoms with Crippen molar-refractivity contribution in [1.82, 2.24) is 10.2 Å². The molecule has 2 nitrogen and oxygen atoms in total. The normalized spacial score (nSPS) is 11.6. The molecule has 0 spiro atoms. The van der Waals surface area contributed by atoms with Crippen molar-refractivity contribution < 1.29 is 0 Å². The van der Waals surface area contributed by atoms with Crippen LogP contribution in [0, 0.1) is 0 Å². The zero-order chi connectivity index (χ0) is 13.7. The molecule has 0 aliphatic rings. The van der Waals surface area contributed by atoms with Crippen LogP contribution in [0.15, 0.2) is 42.5 Å². The lowest BCUT2D eigenvalue weighted by Crippen LogP contribution is -2.32. The molecule has 0 aromatic heterocycles. The van der Waals surface area contributed by atoms with Crippen molar-refractivity contribution in [3.63, 3.8) is 0 Å². The molecule has 2 rings (SSSR count). The first-order valence-electron chi connectivity index (χ1n) is 7.05. The summed E-state index contributed by atoms with van der Waals surface area (Å²) in [6.07, 6.45) is 0. The summed E-state index contributed by atoms with van der Waals surface area (Å²) in [6.45, 7) is 7.49. The van der Waals surface area contributed by atoms with Gasteiger partial charge in [0.25, 0.3) is 0 Å². The van der Waals surface area contributed by atoms with E-state index in [0.717, 1.165) is 19.6 Å². The molecule has 0 heterocycles. The van der Waals surface area contributed by atoms with Crippen LogP contribution in [0.25, 0.3) is 10.8 Å². The molecule has 0 unspecified atom stereocenters. The van der Waals surface area contributed by atoms with Crippen LogP contribution in [0.3, 0.4) is 0 Å². The first-order chi connectivity index (χ1) is 9.15. The highest BCUT2D eigenvalue weighted by Crippen LogP contribution is 2.16. The number of likely N-dealkylation sites (N-methyl/N-ethyl adjacent to an activating group) is 1. The minimum absolute atomic E-state index is 0.564. The number of nitrogens with zero attached hydrogens (tertiary/aromatic N) is 1. The average molecular weight is 256 g/mol. The predicted octanol–water partition coefficient (Wildman–Crippen LogP) is 3.27. The second-order valence-corrected chi connectivity index (χ2v) is 5.53. The highest BCUT2D eigenvalue weighted by molar-refractivity contribution is 5.82. The lowest BCUT2D eigenvalue weighted by atomic mass is 10.1. The van der Waals surface area contributed by atoms with Gasteiger partial charge in [0.15, 0.2) is 0 Å². The second kappa shape index (κ2) is 6.69. The van der Waals surface area contributed by atoms with Crippen LogP contribution in [0.1, 0.15) is 19.4 Å². The van der Waals surface area contributed by atoms with E-state index in [4.69, 9.17) is 0 Å². The van der Waals surface area contributed by atoms with Gasteiger partial charge >= 0.3 is 0 Å². The molecule has 2 heteroatoms. The third-order valence-corrected chi connectivity index (χ3v) is 3.31. The quantitative estimate of drug-likeness (QED) is 0.853. The molecule has 1 N–H and O–H groups in total. The Morgan fingerprint density at radius 1 is 1.05 bits per heavy atom. The fourth-order valence-electron chi connectivity index (χ4n) is 2.27. The Hall–Kier alpha value is -1.38. The summed E-state index contributed by atoms with van der Waals surface area (Å²) in [7, 11) is 2.18. The van der Waals surface area contributed by atoms with Crippen molar-refractivity contribution in [2.75, 3.05) is 20.1 Å². The van der Waals surface area contributed by atoms with E-state index >= 15 is 0 Å². The van der Waals surface area contributed by atoms with Gasteiger partial charge in [-0.2, -0.15) is 0 Å². The van der Waals surface area contributed by atoms with Gasteiger partial charge in [0.05, 0.1) is 0 Å². The summed E-state index contributed by atoms with van der Waals surface area (Å²) in [5, 5.41) is 6.09. The molecular formula is C17H24N2. The molecule has 0 radical (unpaired) electrons. The van der Waals surface area contributed by atoms with Gasteiger partial charge in [-0.15, -0.1) is 0 Å². The summed E-state index contributed by atoms with van der Waals surface area (Å²) in [5.74, 6) is 0. The molecule has 0 aliphatic heterocycles. The average Bonchev–Trinajstić information content (AvgIpc) is 2.38. The van der Waals surface area contributed by atoms with E-state index in [9.17, 15) is 0 Å². The van der Waals surface area contributed by atoms with E-state index in [-0.39, 0.29) is 0 Å². The minimum Gasteiger partial charge on any atom is -0.313 e. The SMILES string of the molecule is CC(C)NCCN(C)Cc1ccc2ccccc2c1. The number of hydrogen-bond donors (Lipinski definition) is 1. The minimum atomic E-state index is 0.564. The molecule has 0 aliphatic carbocycles. The van der Waals surface area contributed by atoms with Crippen molar-refractivity contribution >= 4 is 10.8 Å². The Kier molecular flexibility index (Phi) is 4.94. The Morgan fingerprint density at radius 3 is 2.53 bits per heavy atom. The molecule has 2 aromatic carbocycles. The number of hydrogen-bond acceptors (Lipinski definition) is 2. The van der Waals surface area contributed by atoms with Crippen molar-refractivity contribution in [2.24, 2.45) is 0 Å². The van der Waals surface area contributed by atoms with Crippen LogP contribution >= 0.6 is 0 Å². The maximum absolute atomic E-state index is 3.45. The Bertz CT molecular complexity index is 519. The van der Waals surface area contributed by atoms with Crippen molar-refractivity contribution in [3.05, 3.63) is 48.0 Å². The molecule has 2 aromatic rings. The van der Waals surface area contributed by atoms with Gasteiger partial charge in [-0.3, -0.25) is 0 Å². The van der Waals surface area contributed by atoms with Crippen molar-refractivity contribution in [3.8, 4) is 0 Å². The smallest absolute Gasteiger partial charge is 0.0231 e. The van der Waals surface area contributed by atoms with Gasteiger partial charge in [-0.25, -0.2) is 0 Å². The highest BCUT2D eigenvalue weighted by atomic mass is 15.1. The molecule has 0 atom stereocenters. The second-order valence-electron chi connectivity index (χ2n) is 5.53. The van der Waals surface area contributed by atoms with Gasteiger partial charge < -0.3 is 10.2 Å². The fraction of sp³-hybridized carbons (Fsp3) is 0.412. The molecule has 0 saturated carbocycles. The van der Waals surface area contributed by atoms with Gasteiger partial charge in [0, 0.05) is 25.7 Å². The zero-order valence-electron chi connectivity index (χ0n) is 12.2. The summed E-state index contributed by atoms with van der Waals surface area (Å²) in [6, 6.07) is 15.8. The lowest BCUT2D eigenvalue weighted by Gasteiger charge is -2.18. The maximum atomic E-state index is 3.45. The molecule has 0 amide bonds. The molecule has 19 heavy (non-hydrogen) atoms. The number of nitrogens with one attached hydrogen (secondary N) is 1. The van der Waals surface area contributed by atoms with E-state index in [1.807, 2.05) is 0 Å². The summed E-state index contributed by atoms with van der Waals surface area (Å²) >= 11 is 0. The number of benzene rings is 2. The van der Waals surface area contributed by atoms with Crippen molar-refractivity contribution in [1.29, 1.82) is 0 Å². The van der Waals surface area contributed by atoms with Gasteiger partial charge in [-0.1, -0.05) is 50.2 Å². The van der Waals surface area contributed by atoms with E-state index in [0.29, 0.717) is 6.04 Å². The third-order valence-electron chi connectivity index (χ3n) is 3.31. The Labute approximate surface area is 116 Å². The first kappa shape index (κ1) is 14.0. The van der Waals surface area contributed by atoms with E-state index in [1.54, 1.807) is 0 Å². The van der Waals surface area contributed by atoms with Gasteiger partial charge in [-0.05, 0) is 29.4 Å². The monoisotopic (exact) mass is 256 g/mol. The molecule has 0 bridgehead atoms. The third kappa shape index (κ3) is 4.34. The van der Waals surface area contributed by atoms with Crippen LogP contribution in [0.2, 0.25) is 0 Å².